The van der Waals surface area contributed by atoms with Crippen molar-refractivity contribution in [2.45, 2.75) is 4.90 Å². The lowest BCUT2D eigenvalue weighted by molar-refractivity contribution is -0.114. The number of nitrogens with zero attached hydrogens (tertiary/aromatic N) is 1. The molecule has 3 aromatic rings. The Morgan fingerprint density at radius 3 is 2.31 bits per heavy atom. The molecule has 0 aliphatic carbocycles. The van der Waals surface area contributed by atoms with Gasteiger partial charge in [0, 0.05) is 23.3 Å². The van der Waals surface area contributed by atoms with Crippen molar-refractivity contribution in [1.29, 1.82) is 0 Å². The van der Waals surface area contributed by atoms with Crippen LogP contribution in [0.25, 0.3) is 11.1 Å². The number of halogens is 1. The summed E-state index contributed by atoms with van der Waals surface area (Å²) in [5.74, 6) is -1.58. The van der Waals surface area contributed by atoms with Crippen LogP contribution in [0.4, 0.5) is 15.8 Å². The topological polar surface area (TPSA) is 111 Å². The van der Waals surface area contributed by atoms with Gasteiger partial charge in [0.25, 0.3) is 10.0 Å². The predicted octanol–water partition coefficient (Wildman–Crippen LogP) is 3.44. The van der Waals surface area contributed by atoms with Crippen LogP contribution < -0.4 is 19.1 Å². The molecule has 1 N–H and O–H groups in total. The number of sulfonamides is 1. The number of fused-ring (bicyclic) bond motifs is 3. The Bertz CT molecular complexity index is 1440. The van der Waals surface area contributed by atoms with E-state index >= 15 is 0 Å². The lowest BCUT2D eigenvalue weighted by Crippen LogP contribution is -2.40. The van der Waals surface area contributed by atoms with Crippen molar-refractivity contribution >= 4 is 33.3 Å². The first-order chi connectivity index (χ1) is 16.7. The van der Waals surface area contributed by atoms with Crippen molar-refractivity contribution in [2.75, 3.05) is 37.5 Å². The SMILES string of the molecule is COC(=O)c1cc(OC)c(OC)cc1NC(=O)CN1c2ccc(F)cc2-c2ccccc2S1(=O)=O. The van der Waals surface area contributed by atoms with Crippen molar-refractivity contribution in [3.63, 3.8) is 0 Å². The fourth-order valence-corrected chi connectivity index (χ4v) is 5.50. The number of carbonyl (C=O) groups excluding carboxylic acids is 2. The smallest absolute Gasteiger partial charge is 0.340 e. The van der Waals surface area contributed by atoms with E-state index in [1.807, 2.05) is 0 Å². The zero-order chi connectivity index (χ0) is 25.3. The van der Waals surface area contributed by atoms with Gasteiger partial charge in [0.2, 0.25) is 5.91 Å². The monoisotopic (exact) mass is 500 g/mol. The minimum atomic E-state index is -4.14. The average molecular weight is 501 g/mol. The minimum absolute atomic E-state index is 0.0205. The van der Waals surface area contributed by atoms with E-state index in [4.69, 9.17) is 14.2 Å². The molecule has 0 bridgehead atoms. The Kier molecular flexibility index (Phi) is 6.35. The number of hydrogen-bond donors (Lipinski definition) is 1. The lowest BCUT2D eigenvalue weighted by atomic mass is 10.0. The maximum atomic E-state index is 14.0. The summed E-state index contributed by atoms with van der Waals surface area (Å²) in [7, 11) is -0.189. The highest BCUT2D eigenvalue weighted by atomic mass is 32.2. The molecule has 0 unspecified atom stereocenters. The Balaban J connectivity index is 1.73. The maximum Gasteiger partial charge on any atom is 0.340 e. The maximum absolute atomic E-state index is 14.0. The number of carbonyl (C=O) groups is 2. The van der Waals surface area contributed by atoms with E-state index < -0.39 is 34.3 Å². The van der Waals surface area contributed by atoms with E-state index in [0.29, 0.717) is 11.1 Å². The summed E-state index contributed by atoms with van der Waals surface area (Å²) in [5, 5.41) is 2.55. The summed E-state index contributed by atoms with van der Waals surface area (Å²) in [6.07, 6.45) is 0. The van der Waals surface area contributed by atoms with Gasteiger partial charge in [-0.1, -0.05) is 18.2 Å². The molecular weight excluding hydrogens is 479 g/mol. The van der Waals surface area contributed by atoms with E-state index in [1.54, 1.807) is 18.2 Å². The molecule has 3 aromatic carbocycles. The second-order valence-corrected chi connectivity index (χ2v) is 9.29. The number of benzene rings is 3. The van der Waals surface area contributed by atoms with Crippen LogP contribution in [-0.2, 0) is 19.6 Å². The van der Waals surface area contributed by atoms with Crippen molar-refractivity contribution in [3.05, 3.63) is 66.0 Å². The molecule has 0 saturated heterocycles. The van der Waals surface area contributed by atoms with Crippen LogP contribution in [0.1, 0.15) is 10.4 Å². The van der Waals surface area contributed by atoms with Gasteiger partial charge in [-0.3, -0.25) is 9.10 Å². The largest absolute Gasteiger partial charge is 0.493 e. The molecule has 0 atom stereocenters. The fraction of sp³-hybridized carbons (Fsp3) is 0.167. The number of amides is 1. The molecule has 182 valence electrons. The minimum Gasteiger partial charge on any atom is -0.493 e. The molecule has 35 heavy (non-hydrogen) atoms. The molecule has 0 fully saturated rings. The number of anilines is 2. The molecule has 0 spiro atoms. The van der Waals surface area contributed by atoms with Crippen LogP contribution in [-0.4, -0.2) is 48.2 Å². The zero-order valence-corrected chi connectivity index (χ0v) is 19.8. The normalized spacial score (nSPS) is 13.3. The van der Waals surface area contributed by atoms with Crippen molar-refractivity contribution in [3.8, 4) is 22.6 Å². The highest BCUT2D eigenvalue weighted by Crippen LogP contribution is 2.43. The predicted molar refractivity (Wildman–Crippen MR) is 126 cm³/mol. The third kappa shape index (κ3) is 4.26. The molecule has 1 aliphatic rings. The molecule has 1 amide bonds. The molecule has 4 rings (SSSR count). The summed E-state index contributed by atoms with van der Waals surface area (Å²) < 4.78 is 56.9. The second kappa shape index (κ2) is 9.26. The molecule has 11 heteroatoms. The summed E-state index contributed by atoms with van der Waals surface area (Å²) >= 11 is 0. The van der Waals surface area contributed by atoms with Gasteiger partial charge in [-0.15, -0.1) is 0 Å². The molecule has 1 aliphatic heterocycles. The van der Waals surface area contributed by atoms with E-state index in [-0.39, 0.29) is 33.3 Å². The first-order valence-corrected chi connectivity index (χ1v) is 11.7. The highest BCUT2D eigenvalue weighted by molar-refractivity contribution is 7.93. The van der Waals surface area contributed by atoms with Gasteiger partial charge in [-0.2, -0.15) is 0 Å². The Morgan fingerprint density at radius 2 is 1.63 bits per heavy atom. The lowest BCUT2D eigenvalue weighted by Gasteiger charge is -2.31. The summed E-state index contributed by atoms with van der Waals surface area (Å²) in [5.41, 5.74) is 0.846. The Morgan fingerprint density at radius 1 is 0.943 bits per heavy atom. The number of ether oxygens (including phenoxy) is 3. The van der Waals surface area contributed by atoms with E-state index in [2.05, 4.69) is 5.32 Å². The van der Waals surface area contributed by atoms with Gasteiger partial charge < -0.3 is 19.5 Å². The molecular formula is C24H21FN2O7S. The van der Waals surface area contributed by atoms with Crippen LogP contribution in [0.15, 0.2) is 59.5 Å². The standard InChI is InChI=1S/C24H21FN2O7S/c1-32-20-11-17(24(29)34-3)18(12-21(20)33-2)26-23(28)13-27-19-9-8-14(25)10-16(19)15-6-4-5-7-22(15)35(27,30)31/h4-12H,13H2,1-3H3,(H,26,28). The van der Waals surface area contributed by atoms with Crippen molar-refractivity contribution in [1.82, 2.24) is 0 Å². The molecule has 1 heterocycles. The fourth-order valence-electron chi connectivity index (χ4n) is 3.86. The van der Waals surface area contributed by atoms with Crippen LogP contribution in [0.5, 0.6) is 11.5 Å². The first-order valence-electron chi connectivity index (χ1n) is 10.3. The highest BCUT2D eigenvalue weighted by Gasteiger charge is 2.36. The van der Waals surface area contributed by atoms with Crippen molar-refractivity contribution in [2.24, 2.45) is 0 Å². The molecule has 0 aromatic heterocycles. The summed E-state index contributed by atoms with van der Waals surface area (Å²) in [4.78, 5) is 25.3. The van der Waals surface area contributed by atoms with E-state index in [1.165, 1.54) is 51.7 Å². The van der Waals surface area contributed by atoms with E-state index in [0.717, 1.165) is 10.4 Å². The summed E-state index contributed by atoms with van der Waals surface area (Å²) in [6.45, 7) is -0.635. The van der Waals surface area contributed by atoms with Crippen molar-refractivity contribution < 1.29 is 36.6 Å². The van der Waals surface area contributed by atoms with Gasteiger partial charge in [-0.05, 0) is 24.3 Å². The van der Waals surface area contributed by atoms with Crippen LogP contribution in [0.2, 0.25) is 0 Å². The average Bonchev–Trinajstić information content (AvgIpc) is 2.86. The van der Waals surface area contributed by atoms with E-state index in [9.17, 15) is 22.4 Å². The van der Waals surface area contributed by atoms with Crippen LogP contribution in [0.3, 0.4) is 0 Å². The van der Waals surface area contributed by atoms with Gasteiger partial charge in [-0.25, -0.2) is 17.6 Å². The molecule has 0 radical (unpaired) electrons. The Labute approximate surface area is 201 Å². The molecule has 0 saturated carbocycles. The molecule has 9 nitrogen and oxygen atoms in total. The number of methoxy groups -OCH3 is 3. The van der Waals surface area contributed by atoms with Gasteiger partial charge in [0.15, 0.2) is 11.5 Å². The first kappa shape index (κ1) is 24.0. The van der Waals surface area contributed by atoms with Gasteiger partial charge in [0.1, 0.15) is 12.4 Å². The van der Waals surface area contributed by atoms with Crippen LogP contribution >= 0.6 is 0 Å². The third-order valence-corrected chi connectivity index (χ3v) is 7.28. The third-order valence-electron chi connectivity index (χ3n) is 5.46. The van der Waals surface area contributed by atoms with Gasteiger partial charge in [0.05, 0.1) is 43.2 Å². The van der Waals surface area contributed by atoms with Gasteiger partial charge >= 0.3 is 5.97 Å². The number of rotatable bonds is 6. The second-order valence-electron chi connectivity index (χ2n) is 7.46. The summed E-state index contributed by atoms with van der Waals surface area (Å²) in [6, 6.07) is 12.5. The number of nitrogens with one attached hydrogen (secondary N) is 1. The number of hydrogen-bond acceptors (Lipinski definition) is 7. The number of esters is 1. The Hall–Kier alpha value is -4.12. The van der Waals surface area contributed by atoms with Crippen LogP contribution in [0, 0.1) is 5.82 Å². The quantitative estimate of drug-likeness (QED) is 0.516. The zero-order valence-electron chi connectivity index (χ0n) is 19.0.